The minimum absolute atomic E-state index is 0.0134. The fourth-order valence-electron chi connectivity index (χ4n) is 4.62. The average molecular weight is 593 g/mol. The van der Waals surface area contributed by atoms with Gasteiger partial charge in [0.05, 0.1) is 39.9 Å². The Hall–Kier alpha value is -0.500. The summed E-state index contributed by atoms with van der Waals surface area (Å²) in [6.07, 6.45) is 21.8. The zero-order valence-electron chi connectivity index (χ0n) is 26.8. The van der Waals surface area contributed by atoms with Crippen molar-refractivity contribution in [3.63, 3.8) is 0 Å². The molecular weight excluding hydrogens is 527 g/mol. The molecule has 0 rings (SSSR count). The van der Waals surface area contributed by atoms with Gasteiger partial charge in [-0.1, -0.05) is 123 Å². The van der Waals surface area contributed by atoms with Crippen molar-refractivity contribution in [3.05, 3.63) is 0 Å². The number of carbonyl (C=O) groups is 1. The fourth-order valence-corrected chi connectivity index (χ4v) is 5.35. The third-order valence-corrected chi connectivity index (χ3v) is 8.31. The number of aliphatic hydroxyl groups excluding tert-OH is 1. The number of likely N-dealkylation sites (N-methyl/N-ethyl adjacent to an activating group) is 1. The number of aliphatic hydroxyl groups is 1. The molecule has 0 saturated carbocycles. The van der Waals surface area contributed by atoms with Crippen molar-refractivity contribution in [1.29, 1.82) is 0 Å². The topological polar surface area (TPSA) is 108 Å². The molecule has 40 heavy (non-hydrogen) atoms. The molecule has 0 heterocycles. The molecule has 9 heteroatoms. The largest absolute Gasteiger partial charge is 0.756 e. The highest BCUT2D eigenvalue weighted by atomic mass is 31.2. The van der Waals surface area contributed by atoms with Crippen LogP contribution in [-0.2, 0) is 18.4 Å². The Kier molecular flexibility index (Phi) is 24.7. The van der Waals surface area contributed by atoms with Gasteiger partial charge in [-0.25, -0.2) is 0 Å². The standard InChI is InChI=1S/C31H65N2O6P/c1-6-8-10-11-12-13-14-15-16-17-18-19-20-21-23-25-31(35)32-29(30(34)24-22-9-7-2)28-39-40(36,37)38-27-26-33(3,4)5/h29-30,34H,6-28H2,1-5H3,(H-,32,35,36,37). The van der Waals surface area contributed by atoms with E-state index in [4.69, 9.17) is 9.05 Å². The fraction of sp³-hybridized carbons (Fsp3) is 0.968. The van der Waals surface area contributed by atoms with Crippen molar-refractivity contribution < 1.29 is 32.9 Å². The number of hydrogen-bond acceptors (Lipinski definition) is 6. The van der Waals surface area contributed by atoms with Gasteiger partial charge in [-0.3, -0.25) is 9.36 Å². The molecule has 0 aliphatic carbocycles. The van der Waals surface area contributed by atoms with Crippen molar-refractivity contribution >= 4 is 13.7 Å². The average Bonchev–Trinajstić information content (AvgIpc) is 2.88. The summed E-state index contributed by atoms with van der Waals surface area (Å²) in [7, 11) is 1.30. The molecule has 0 fully saturated rings. The van der Waals surface area contributed by atoms with Gasteiger partial charge in [0, 0.05) is 6.42 Å². The highest BCUT2D eigenvalue weighted by Crippen LogP contribution is 2.38. The summed E-state index contributed by atoms with van der Waals surface area (Å²) in [6, 6.07) is -0.787. The van der Waals surface area contributed by atoms with E-state index in [1.165, 1.54) is 77.0 Å². The van der Waals surface area contributed by atoms with Gasteiger partial charge < -0.3 is 28.8 Å². The van der Waals surface area contributed by atoms with Gasteiger partial charge in [0.25, 0.3) is 7.82 Å². The van der Waals surface area contributed by atoms with Crippen LogP contribution in [0, 0.1) is 0 Å². The Morgan fingerprint density at radius 1 is 0.775 bits per heavy atom. The second kappa shape index (κ2) is 25.0. The maximum Gasteiger partial charge on any atom is 0.268 e. The van der Waals surface area contributed by atoms with E-state index in [0.717, 1.165) is 38.5 Å². The summed E-state index contributed by atoms with van der Waals surface area (Å²) in [5, 5.41) is 13.5. The molecule has 0 aromatic carbocycles. The van der Waals surface area contributed by atoms with E-state index in [-0.39, 0.29) is 19.1 Å². The number of rotatable bonds is 29. The Morgan fingerprint density at radius 2 is 1.23 bits per heavy atom. The third kappa shape index (κ3) is 26.4. The summed E-state index contributed by atoms with van der Waals surface area (Å²) in [4.78, 5) is 24.8. The summed E-state index contributed by atoms with van der Waals surface area (Å²) >= 11 is 0. The van der Waals surface area contributed by atoms with Gasteiger partial charge in [-0.15, -0.1) is 0 Å². The molecule has 0 aromatic rings. The van der Waals surface area contributed by atoms with E-state index >= 15 is 0 Å². The predicted octanol–water partition coefficient (Wildman–Crippen LogP) is 6.88. The first-order chi connectivity index (χ1) is 19.0. The number of nitrogens with zero attached hydrogens (tertiary/aromatic N) is 1. The molecule has 2 N–H and O–H groups in total. The van der Waals surface area contributed by atoms with Gasteiger partial charge in [0.2, 0.25) is 5.91 Å². The van der Waals surface area contributed by atoms with Crippen molar-refractivity contribution in [1.82, 2.24) is 5.32 Å². The first-order valence-corrected chi connectivity index (χ1v) is 17.8. The SMILES string of the molecule is CCCCCCCCCCCCCCCCCC(=O)NC(COP(=O)([O-])OCC[N+](C)(C)C)C(O)CCCCC. The molecular formula is C31H65N2O6P. The second-order valence-electron chi connectivity index (χ2n) is 12.5. The van der Waals surface area contributed by atoms with Crippen LogP contribution in [0.3, 0.4) is 0 Å². The lowest BCUT2D eigenvalue weighted by Gasteiger charge is -2.30. The zero-order valence-corrected chi connectivity index (χ0v) is 27.7. The molecule has 8 nitrogen and oxygen atoms in total. The predicted molar refractivity (Wildman–Crippen MR) is 164 cm³/mol. The van der Waals surface area contributed by atoms with Crippen LogP contribution in [0.5, 0.6) is 0 Å². The third-order valence-electron chi connectivity index (χ3n) is 7.35. The van der Waals surface area contributed by atoms with E-state index in [0.29, 0.717) is 23.9 Å². The molecule has 0 radical (unpaired) electrons. The van der Waals surface area contributed by atoms with E-state index in [2.05, 4.69) is 19.2 Å². The summed E-state index contributed by atoms with van der Waals surface area (Å²) < 4.78 is 22.8. The number of hydrogen-bond donors (Lipinski definition) is 2. The minimum Gasteiger partial charge on any atom is -0.756 e. The summed E-state index contributed by atoms with van der Waals surface area (Å²) in [5.74, 6) is -0.176. The molecule has 3 atom stereocenters. The minimum atomic E-state index is -4.52. The Bertz CT molecular complexity index is 644. The molecule has 3 unspecified atom stereocenters. The Morgan fingerprint density at radius 3 is 1.70 bits per heavy atom. The maximum absolute atomic E-state index is 12.6. The van der Waals surface area contributed by atoms with Crippen LogP contribution in [0.15, 0.2) is 0 Å². The molecule has 0 aliphatic heterocycles. The Balaban J connectivity index is 4.18. The lowest BCUT2D eigenvalue weighted by Crippen LogP contribution is -2.46. The van der Waals surface area contributed by atoms with Crippen LogP contribution >= 0.6 is 7.82 Å². The zero-order chi connectivity index (χ0) is 30.1. The van der Waals surface area contributed by atoms with Crippen molar-refractivity contribution in [3.8, 4) is 0 Å². The van der Waals surface area contributed by atoms with Crippen LogP contribution in [-0.4, -0.2) is 68.5 Å². The molecule has 1 amide bonds. The number of phosphoric ester groups is 1. The van der Waals surface area contributed by atoms with E-state index < -0.39 is 20.0 Å². The quantitative estimate of drug-likeness (QED) is 0.0557. The maximum atomic E-state index is 12.6. The normalized spacial score (nSPS) is 15.1. The highest BCUT2D eigenvalue weighted by Gasteiger charge is 2.24. The van der Waals surface area contributed by atoms with Crippen LogP contribution in [0.2, 0.25) is 0 Å². The number of carbonyl (C=O) groups excluding carboxylic acids is 1. The van der Waals surface area contributed by atoms with Gasteiger partial charge in [0.1, 0.15) is 13.2 Å². The highest BCUT2D eigenvalue weighted by molar-refractivity contribution is 7.45. The van der Waals surface area contributed by atoms with Gasteiger partial charge in [-0.05, 0) is 12.8 Å². The summed E-state index contributed by atoms with van der Waals surface area (Å²) in [5.41, 5.74) is 0. The smallest absolute Gasteiger partial charge is 0.268 e. The first-order valence-electron chi connectivity index (χ1n) is 16.4. The first kappa shape index (κ1) is 39.5. The van der Waals surface area contributed by atoms with Crippen molar-refractivity contribution in [2.45, 2.75) is 154 Å². The number of phosphoric acid groups is 1. The van der Waals surface area contributed by atoms with Crippen LogP contribution in [0.4, 0.5) is 0 Å². The van der Waals surface area contributed by atoms with Gasteiger partial charge in [-0.2, -0.15) is 0 Å². The number of unbranched alkanes of at least 4 members (excludes halogenated alkanes) is 16. The molecule has 240 valence electrons. The Labute approximate surface area is 247 Å². The monoisotopic (exact) mass is 592 g/mol. The van der Waals surface area contributed by atoms with Crippen LogP contribution in [0.1, 0.15) is 142 Å². The number of amides is 1. The van der Waals surface area contributed by atoms with Crippen molar-refractivity contribution in [2.24, 2.45) is 0 Å². The molecule has 0 saturated heterocycles. The number of nitrogens with one attached hydrogen (secondary N) is 1. The van der Waals surface area contributed by atoms with Crippen molar-refractivity contribution in [2.75, 3.05) is 40.9 Å². The molecule has 0 bridgehead atoms. The van der Waals surface area contributed by atoms with Gasteiger partial charge in [0.15, 0.2) is 0 Å². The molecule has 0 aromatic heterocycles. The number of quaternary nitrogens is 1. The van der Waals surface area contributed by atoms with E-state index in [1.54, 1.807) is 0 Å². The lowest BCUT2D eigenvalue weighted by atomic mass is 10.0. The van der Waals surface area contributed by atoms with Gasteiger partial charge >= 0.3 is 0 Å². The van der Waals surface area contributed by atoms with E-state index in [9.17, 15) is 19.4 Å². The summed E-state index contributed by atoms with van der Waals surface area (Å²) in [6.45, 7) is 4.53. The lowest BCUT2D eigenvalue weighted by molar-refractivity contribution is -0.870. The van der Waals surface area contributed by atoms with Crippen LogP contribution < -0.4 is 10.2 Å². The molecule has 0 aliphatic rings. The second-order valence-corrected chi connectivity index (χ2v) is 13.9. The molecule has 0 spiro atoms. The van der Waals surface area contributed by atoms with E-state index in [1.807, 2.05) is 21.1 Å². The van der Waals surface area contributed by atoms with Crippen LogP contribution in [0.25, 0.3) is 0 Å².